The molecule has 5 rings (SSSR count). The number of rotatable bonds is 2. The molecule has 2 aliphatic rings. The molecule has 0 spiro atoms. The van der Waals surface area contributed by atoms with Crippen molar-refractivity contribution in [2.75, 3.05) is 4.90 Å². The first-order valence-corrected chi connectivity index (χ1v) is 9.15. The van der Waals surface area contributed by atoms with Gasteiger partial charge in [-0.05, 0) is 23.8 Å². The number of nitrogens with one attached hydrogen (secondary N) is 1. The minimum atomic E-state index is -0.572. The van der Waals surface area contributed by atoms with Crippen LogP contribution in [0.2, 0.25) is 0 Å². The van der Waals surface area contributed by atoms with Gasteiger partial charge in [0.2, 0.25) is 11.8 Å². The first kappa shape index (κ1) is 16.0. The molecule has 3 aromatic rings. The molecular formula is C22H18N2O3. The summed E-state index contributed by atoms with van der Waals surface area (Å²) in [6.45, 7) is 0. The zero-order chi connectivity index (χ0) is 18.5. The third kappa shape index (κ3) is 2.35. The van der Waals surface area contributed by atoms with Crippen molar-refractivity contribution in [3.63, 3.8) is 0 Å². The average Bonchev–Trinajstić information content (AvgIpc) is 3.22. The highest BCUT2D eigenvalue weighted by Crippen LogP contribution is 2.47. The van der Waals surface area contributed by atoms with Crippen molar-refractivity contribution in [2.45, 2.75) is 18.8 Å². The maximum atomic E-state index is 13.3. The summed E-state index contributed by atoms with van der Waals surface area (Å²) >= 11 is 0. The maximum absolute atomic E-state index is 13.3. The highest BCUT2D eigenvalue weighted by atomic mass is 16.2. The molecule has 2 amide bonds. The molecule has 27 heavy (non-hydrogen) atoms. The number of aromatic amines is 1. The van der Waals surface area contributed by atoms with Gasteiger partial charge in [-0.15, -0.1) is 0 Å². The number of fused-ring (bicyclic) bond motifs is 2. The van der Waals surface area contributed by atoms with Crippen molar-refractivity contribution in [3.05, 3.63) is 66.4 Å². The smallest absolute Gasteiger partial charge is 0.238 e. The molecule has 1 saturated carbocycles. The standard InChI is InChI=1S/C22H18N2O3/c25-14-10-16(18-12-23-19-9-5-4-8-15(18)19)20-17(11-14)21(26)24(22(20)27)13-6-2-1-3-7-13/h1-9,12,16-17,20,23H,10-11H2/t16-,17-,20+/m1/s1. The van der Waals surface area contributed by atoms with E-state index in [1.807, 2.05) is 36.5 Å². The van der Waals surface area contributed by atoms with Gasteiger partial charge < -0.3 is 4.98 Å². The van der Waals surface area contributed by atoms with Crippen LogP contribution in [0.5, 0.6) is 0 Å². The molecule has 1 aliphatic heterocycles. The van der Waals surface area contributed by atoms with Gasteiger partial charge in [0.1, 0.15) is 5.78 Å². The Morgan fingerprint density at radius 2 is 1.52 bits per heavy atom. The van der Waals surface area contributed by atoms with Gasteiger partial charge in [-0.25, -0.2) is 0 Å². The molecule has 0 unspecified atom stereocenters. The second kappa shape index (κ2) is 5.91. The lowest BCUT2D eigenvalue weighted by molar-refractivity contribution is -0.130. The predicted molar refractivity (Wildman–Crippen MR) is 101 cm³/mol. The van der Waals surface area contributed by atoms with Crippen LogP contribution < -0.4 is 4.90 Å². The number of hydrogen-bond donors (Lipinski definition) is 1. The summed E-state index contributed by atoms with van der Waals surface area (Å²) in [5, 5.41) is 1.01. The van der Waals surface area contributed by atoms with E-state index in [-0.39, 0.29) is 29.9 Å². The Bertz CT molecular complexity index is 1070. The molecule has 3 atom stereocenters. The summed E-state index contributed by atoms with van der Waals surface area (Å²) in [6, 6.07) is 16.8. The second-order valence-electron chi connectivity index (χ2n) is 7.32. The quantitative estimate of drug-likeness (QED) is 0.714. The minimum Gasteiger partial charge on any atom is -0.361 e. The van der Waals surface area contributed by atoms with Gasteiger partial charge in [0, 0.05) is 35.9 Å². The van der Waals surface area contributed by atoms with Crippen molar-refractivity contribution in [2.24, 2.45) is 11.8 Å². The number of Topliss-reactive ketones (excluding diaryl/α,β-unsaturated/α-hetero) is 1. The molecule has 2 heterocycles. The minimum absolute atomic E-state index is 0.0441. The van der Waals surface area contributed by atoms with E-state index in [0.717, 1.165) is 16.5 Å². The van der Waals surface area contributed by atoms with Crippen LogP contribution in [0.15, 0.2) is 60.8 Å². The highest BCUT2D eigenvalue weighted by Gasteiger charge is 2.55. The van der Waals surface area contributed by atoms with Gasteiger partial charge in [0.05, 0.1) is 17.5 Å². The van der Waals surface area contributed by atoms with Crippen LogP contribution >= 0.6 is 0 Å². The first-order valence-electron chi connectivity index (χ1n) is 9.15. The van der Waals surface area contributed by atoms with E-state index in [1.54, 1.807) is 24.3 Å². The van der Waals surface area contributed by atoms with E-state index in [1.165, 1.54) is 4.90 Å². The molecule has 1 saturated heterocycles. The van der Waals surface area contributed by atoms with E-state index in [4.69, 9.17) is 0 Å². The fourth-order valence-electron chi connectivity index (χ4n) is 4.65. The van der Waals surface area contributed by atoms with Crippen LogP contribution in [0.3, 0.4) is 0 Å². The van der Waals surface area contributed by atoms with Gasteiger partial charge in [-0.1, -0.05) is 36.4 Å². The Kier molecular flexibility index (Phi) is 3.50. The number of carbonyl (C=O) groups excluding carboxylic acids is 3. The summed E-state index contributed by atoms with van der Waals surface area (Å²) in [4.78, 5) is 43.3. The molecule has 1 aliphatic carbocycles. The lowest BCUT2D eigenvalue weighted by Gasteiger charge is -2.29. The maximum Gasteiger partial charge on any atom is 0.238 e. The Balaban J connectivity index is 1.61. The number of para-hydroxylation sites is 2. The number of amides is 2. The van der Waals surface area contributed by atoms with Gasteiger partial charge in [-0.2, -0.15) is 0 Å². The van der Waals surface area contributed by atoms with Gasteiger partial charge >= 0.3 is 0 Å². The molecule has 5 nitrogen and oxygen atoms in total. The zero-order valence-electron chi connectivity index (χ0n) is 14.6. The van der Waals surface area contributed by atoms with Crippen LogP contribution in [0.4, 0.5) is 5.69 Å². The van der Waals surface area contributed by atoms with Crippen LogP contribution in [0, 0.1) is 11.8 Å². The topological polar surface area (TPSA) is 70.2 Å². The number of benzene rings is 2. The number of imide groups is 1. The molecule has 134 valence electrons. The van der Waals surface area contributed by atoms with E-state index >= 15 is 0 Å². The SMILES string of the molecule is O=C1C[C@H](c2c[nH]c3ccccc23)[C@@H]2C(=O)N(c3ccccc3)C(=O)[C@@H]2C1. The molecule has 1 N–H and O–H groups in total. The van der Waals surface area contributed by atoms with E-state index in [9.17, 15) is 14.4 Å². The van der Waals surface area contributed by atoms with Gasteiger partial charge in [0.25, 0.3) is 0 Å². The summed E-state index contributed by atoms with van der Waals surface area (Å²) < 4.78 is 0. The van der Waals surface area contributed by atoms with Crippen molar-refractivity contribution in [3.8, 4) is 0 Å². The van der Waals surface area contributed by atoms with Crippen LogP contribution in [0.25, 0.3) is 10.9 Å². The zero-order valence-corrected chi connectivity index (χ0v) is 14.6. The number of carbonyl (C=O) groups is 3. The average molecular weight is 358 g/mol. The Morgan fingerprint density at radius 3 is 2.33 bits per heavy atom. The van der Waals surface area contributed by atoms with E-state index in [0.29, 0.717) is 12.1 Å². The van der Waals surface area contributed by atoms with Crippen molar-refractivity contribution in [1.82, 2.24) is 4.98 Å². The Hall–Kier alpha value is -3.21. The molecule has 2 aromatic carbocycles. The molecule has 0 bridgehead atoms. The van der Waals surface area contributed by atoms with Crippen LogP contribution in [-0.4, -0.2) is 22.6 Å². The lowest BCUT2D eigenvalue weighted by Crippen LogP contribution is -2.33. The van der Waals surface area contributed by atoms with Crippen LogP contribution in [0.1, 0.15) is 24.3 Å². The summed E-state index contributed by atoms with van der Waals surface area (Å²) in [6.07, 6.45) is 2.33. The number of anilines is 1. The third-order valence-corrected chi connectivity index (χ3v) is 5.84. The largest absolute Gasteiger partial charge is 0.361 e. The van der Waals surface area contributed by atoms with Crippen molar-refractivity contribution >= 4 is 34.2 Å². The van der Waals surface area contributed by atoms with Gasteiger partial charge in [-0.3, -0.25) is 19.3 Å². The summed E-state index contributed by atoms with van der Waals surface area (Å²) in [5.41, 5.74) is 2.50. The fourth-order valence-corrected chi connectivity index (χ4v) is 4.65. The number of ketones is 1. The van der Waals surface area contributed by atoms with Crippen molar-refractivity contribution in [1.29, 1.82) is 0 Å². The fraction of sp³-hybridized carbons (Fsp3) is 0.227. The number of hydrogen-bond acceptors (Lipinski definition) is 3. The number of aromatic nitrogens is 1. The molecular weight excluding hydrogens is 340 g/mol. The molecule has 1 aromatic heterocycles. The Labute approximate surface area is 156 Å². The van der Waals surface area contributed by atoms with Gasteiger partial charge in [0.15, 0.2) is 0 Å². The normalized spacial score (nSPS) is 25.3. The predicted octanol–water partition coefficient (Wildman–Crippen LogP) is 3.42. The van der Waals surface area contributed by atoms with E-state index in [2.05, 4.69) is 4.98 Å². The monoisotopic (exact) mass is 358 g/mol. The summed E-state index contributed by atoms with van der Waals surface area (Å²) in [5.74, 6) is -1.75. The van der Waals surface area contributed by atoms with E-state index < -0.39 is 11.8 Å². The first-order chi connectivity index (χ1) is 13.1. The van der Waals surface area contributed by atoms with Crippen molar-refractivity contribution < 1.29 is 14.4 Å². The number of H-pyrrole nitrogens is 1. The summed E-state index contributed by atoms with van der Waals surface area (Å²) in [7, 11) is 0. The second-order valence-corrected chi connectivity index (χ2v) is 7.32. The van der Waals surface area contributed by atoms with Crippen LogP contribution in [-0.2, 0) is 14.4 Å². The molecule has 5 heteroatoms. The molecule has 2 fully saturated rings. The number of nitrogens with zero attached hydrogens (tertiary/aromatic N) is 1. The highest BCUT2D eigenvalue weighted by molar-refractivity contribution is 6.23. The third-order valence-electron chi connectivity index (χ3n) is 5.84. The molecule has 0 radical (unpaired) electrons. The Morgan fingerprint density at radius 1 is 0.815 bits per heavy atom. The lowest BCUT2D eigenvalue weighted by atomic mass is 9.70.